The van der Waals surface area contributed by atoms with Gasteiger partial charge in [-0.25, -0.2) is 0 Å². The van der Waals surface area contributed by atoms with Crippen molar-refractivity contribution in [3.63, 3.8) is 0 Å². The standard InChI is InChI=1S/C13H13ClO2/c1-2-3-4-5-8-16-13-7-6-12(14)9-11(13)10-15/h6-7,9-10H,2-3,8H2,1H3. The average Bonchev–Trinajstić information content (AvgIpc) is 2.30. The molecule has 0 fully saturated rings. The van der Waals surface area contributed by atoms with Gasteiger partial charge in [-0.1, -0.05) is 30.4 Å². The summed E-state index contributed by atoms with van der Waals surface area (Å²) in [4.78, 5) is 10.7. The van der Waals surface area contributed by atoms with Crippen LogP contribution in [0.15, 0.2) is 18.2 Å². The SMILES string of the molecule is CCCC#CCOc1ccc(Cl)cc1C=O. The summed E-state index contributed by atoms with van der Waals surface area (Å²) >= 11 is 5.76. The summed E-state index contributed by atoms with van der Waals surface area (Å²) in [7, 11) is 0. The molecule has 0 aliphatic carbocycles. The number of rotatable bonds is 4. The van der Waals surface area contributed by atoms with Crippen LogP contribution in [0.25, 0.3) is 0 Å². The van der Waals surface area contributed by atoms with E-state index in [0.29, 0.717) is 22.9 Å². The molecule has 0 spiro atoms. The lowest BCUT2D eigenvalue weighted by molar-refractivity contribution is 0.112. The molecule has 84 valence electrons. The molecule has 0 unspecified atom stereocenters. The molecule has 0 saturated heterocycles. The Hall–Kier alpha value is -1.46. The minimum absolute atomic E-state index is 0.294. The maximum Gasteiger partial charge on any atom is 0.153 e. The number of carbonyl (C=O) groups excluding carboxylic acids is 1. The zero-order valence-electron chi connectivity index (χ0n) is 9.13. The quantitative estimate of drug-likeness (QED) is 0.592. The molecule has 0 aliphatic heterocycles. The van der Waals surface area contributed by atoms with Crippen molar-refractivity contribution in [2.45, 2.75) is 19.8 Å². The molecule has 1 aromatic rings. The Bertz CT molecular complexity index is 416. The summed E-state index contributed by atoms with van der Waals surface area (Å²) in [5.74, 6) is 6.36. The molecule has 0 saturated carbocycles. The first-order chi connectivity index (χ1) is 7.77. The Morgan fingerprint density at radius 1 is 1.44 bits per heavy atom. The molecule has 0 aliphatic rings. The molecular weight excluding hydrogens is 224 g/mol. The van der Waals surface area contributed by atoms with Crippen LogP contribution < -0.4 is 4.74 Å². The number of hydrogen-bond donors (Lipinski definition) is 0. The molecule has 0 radical (unpaired) electrons. The summed E-state index contributed by atoms with van der Waals surface area (Å²) in [6.07, 6.45) is 2.62. The van der Waals surface area contributed by atoms with Crippen LogP contribution in [0, 0.1) is 11.8 Å². The Labute approximate surface area is 101 Å². The fourth-order valence-electron chi connectivity index (χ4n) is 1.12. The van der Waals surface area contributed by atoms with Crippen LogP contribution in [-0.4, -0.2) is 12.9 Å². The van der Waals surface area contributed by atoms with Gasteiger partial charge < -0.3 is 4.74 Å². The molecule has 0 bridgehead atoms. The largest absolute Gasteiger partial charge is 0.480 e. The Kier molecular flexibility index (Phi) is 5.45. The fraction of sp³-hybridized carbons (Fsp3) is 0.308. The van der Waals surface area contributed by atoms with E-state index < -0.39 is 0 Å². The van der Waals surface area contributed by atoms with Crippen molar-refractivity contribution in [2.75, 3.05) is 6.61 Å². The Balaban J connectivity index is 2.61. The van der Waals surface area contributed by atoms with Crippen molar-refractivity contribution in [3.8, 4) is 17.6 Å². The van der Waals surface area contributed by atoms with E-state index in [1.54, 1.807) is 18.2 Å². The van der Waals surface area contributed by atoms with Gasteiger partial charge in [0.25, 0.3) is 0 Å². The normalized spacial score (nSPS) is 9.12. The third-order valence-electron chi connectivity index (χ3n) is 1.90. The van der Waals surface area contributed by atoms with Crippen LogP contribution in [0.3, 0.4) is 0 Å². The molecule has 0 atom stereocenters. The van der Waals surface area contributed by atoms with Crippen molar-refractivity contribution in [3.05, 3.63) is 28.8 Å². The van der Waals surface area contributed by atoms with E-state index >= 15 is 0 Å². The lowest BCUT2D eigenvalue weighted by atomic mass is 10.2. The highest BCUT2D eigenvalue weighted by Crippen LogP contribution is 2.20. The summed E-state index contributed by atoms with van der Waals surface area (Å²) in [5.41, 5.74) is 0.449. The van der Waals surface area contributed by atoms with E-state index in [-0.39, 0.29) is 0 Å². The smallest absolute Gasteiger partial charge is 0.153 e. The molecule has 0 aromatic heterocycles. The molecule has 0 amide bonds. The van der Waals surface area contributed by atoms with Gasteiger partial charge in [-0.3, -0.25) is 4.79 Å². The first-order valence-electron chi connectivity index (χ1n) is 5.11. The minimum Gasteiger partial charge on any atom is -0.480 e. The zero-order valence-corrected chi connectivity index (χ0v) is 9.88. The van der Waals surface area contributed by atoms with Gasteiger partial charge in [0.05, 0.1) is 5.56 Å². The van der Waals surface area contributed by atoms with Crippen molar-refractivity contribution < 1.29 is 9.53 Å². The van der Waals surface area contributed by atoms with E-state index in [9.17, 15) is 4.79 Å². The zero-order chi connectivity index (χ0) is 11.8. The molecule has 1 rings (SSSR count). The Morgan fingerprint density at radius 2 is 2.25 bits per heavy atom. The van der Waals surface area contributed by atoms with E-state index in [1.807, 2.05) is 0 Å². The predicted molar refractivity (Wildman–Crippen MR) is 65.0 cm³/mol. The molecule has 0 heterocycles. The van der Waals surface area contributed by atoms with Crippen LogP contribution >= 0.6 is 11.6 Å². The second-order valence-electron chi connectivity index (χ2n) is 3.19. The highest BCUT2D eigenvalue weighted by Gasteiger charge is 2.02. The monoisotopic (exact) mass is 236 g/mol. The van der Waals surface area contributed by atoms with Gasteiger partial charge in [0, 0.05) is 11.4 Å². The molecular formula is C13H13ClO2. The number of hydrogen-bond acceptors (Lipinski definition) is 2. The van der Waals surface area contributed by atoms with E-state index in [1.165, 1.54) is 0 Å². The van der Waals surface area contributed by atoms with Gasteiger partial charge in [-0.05, 0) is 24.6 Å². The van der Waals surface area contributed by atoms with Gasteiger partial charge in [0.1, 0.15) is 12.4 Å². The second-order valence-corrected chi connectivity index (χ2v) is 3.63. The summed E-state index contributed by atoms with van der Waals surface area (Å²) in [5, 5.41) is 0.520. The first kappa shape index (κ1) is 12.6. The minimum atomic E-state index is 0.294. The number of carbonyl (C=O) groups is 1. The van der Waals surface area contributed by atoms with Gasteiger partial charge in [0.15, 0.2) is 6.29 Å². The number of halogens is 1. The van der Waals surface area contributed by atoms with Crippen LogP contribution in [0.4, 0.5) is 0 Å². The van der Waals surface area contributed by atoms with Gasteiger partial charge in [-0.15, -0.1) is 0 Å². The summed E-state index contributed by atoms with van der Waals surface area (Å²) < 4.78 is 5.37. The molecule has 0 N–H and O–H groups in total. The van der Waals surface area contributed by atoms with Crippen molar-refractivity contribution >= 4 is 17.9 Å². The third-order valence-corrected chi connectivity index (χ3v) is 2.13. The van der Waals surface area contributed by atoms with Gasteiger partial charge in [0.2, 0.25) is 0 Å². The first-order valence-corrected chi connectivity index (χ1v) is 5.49. The van der Waals surface area contributed by atoms with Gasteiger partial charge in [-0.2, -0.15) is 0 Å². The number of unbranched alkanes of at least 4 members (excludes halogenated alkanes) is 1. The van der Waals surface area contributed by atoms with E-state index in [4.69, 9.17) is 16.3 Å². The van der Waals surface area contributed by atoms with Crippen LogP contribution in [0.1, 0.15) is 30.1 Å². The second kappa shape index (κ2) is 6.92. The highest BCUT2D eigenvalue weighted by atomic mass is 35.5. The van der Waals surface area contributed by atoms with Crippen molar-refractivity contribution in [1.29, 1.82) is 0 Å². The van der Waals surface area contributed by atoms with Crippen LogP contribution in [0.2, 0.25) is 5.02 Å². The number of ether oxygens (including phenoxy) is 1. The van der Waals surface area contributed by atoms with Gasteiger partial charge >= 0.3 is 0 Å². The molecule has 16 heavy (non-hydrogen) atoms. The summed E-state index contributed by atoms with van der Waals surface area (Å²) in [6, 6.07) is 4.93. The maximum absolute atomic E-state index is 10.7. The molecule has 3 heteroatoms. The molecule has 1 aromatic carbocycles. The van der Waals surface area contributed by atoms with E-state index in [2.05, 4.69) is 18.8 Å². The topological polar surface area (TPSA) is 26.3 Å². The number of aldehydes is 1. The maximum atomic E-state index is 10.7. The lowest BCUT2D eigenvalue weighted by Crippen LogP contribution is -1.97. The fourth-order valence-corrected chi connectivity index (χ4v) is 1.30. The lowest BCUT2D eigenvalue weighted by Gasteiger charge is -2.04. The number of benzene rings is 1. The van der Waals surface area contributed by atoms with Crippen LogP contribution in [-0.2, 0) is 0 Å². The van der Waals surface area contributed by atoms with Crippen LogP contribution in [0.5, 0.6) is 5.75 Å². The summed E-state index contributed by atoms with van der Waals surface area (Å²) in [6.45, 7) is 2.36. The molecule has 2 nitrogen and oxygen atoms in total. The highest BCUT2D eigenvalue weighted by molar-refractivity contribution is 6.30. The third kappa shape index (κ3) is 3.96. The van der Waals surface area contributed by atoms with E-state index in [0.717, 1.165) is 19.1 Å². The van der Waals surface area contributed by atoms with Crippen molar-refractivity contribution in [1.82, 2.24) is 0 Å². The predicted octanol–water partition coefficient (Wildman–Crippen LogP) is 3.33. The Morgan fingerprint density at radius 3 is 2.94 bits per heavy atom. The average molecular weight is 237 g/mol. The van der Waals surface area contributed by atoms with Crippen molar-refractivity contribution in [2.24, 2.45) is 0 Å².